The van der Waals surface area contributed by atoms with E-state index in [1.807, 2.05) is 0 Å². The van der Waals surface area contributed by atoms with Gasteiger partial charge in [-0.2, -0.15) is 9.61 Å². The molecule has 0 saturated carbocycles. The summed E-state index contributed by atoms with van der Waals surface area (Å²) in [5, 5.41) is 13.5. The number of hydrogen-bond donors (Lipinski definition) is 1. The SMILES string of the molecule is O=c1cc(CN2CCCCCC2CO)nc2scnn12. The van der Waals surface area contributed by atoms with Crippen molar-refractivity contribution in [2.45, 2.75) is 38.3 Å². The molecule has 6 nitrogen and oxygen atoms in total. The molecule has 1 unspecified atom stereocenters. The summed E-state index contributed by atoms with van der Waals surface area (Å²) < 4.78 is 1.32. The zero-order valence-corrected chi connectivity index (χ0v) is 12.1. The van der Waals surface area contributed by atoms with E-state index in [1.54, 1.807) is 11.6 Å². The fourth-order valence-electron chi connectivity index (χ4n) is 2.74. The Labute approximate surface area is 120 Å². The molecule has 2 aromatic rings. The quantitative estimate of drug-likeness (QED) is 0.910. The topological polar surface area (TPSA) is 70.7 Å². The van der Waals surface area contributed by atoms with Crippen LogP contribution >= 0.6 is 11.3 Å². The van der Waals surface area contributed by atoms with E-state index in [2.05, 4.69) is 15.0 Å². The first-order chi connectivity index (χ1) is 9.78. The Morgan fingerprint density at radius 1 is 1.40 bits per heavy atom. The molecule has 0 amide bonds. The summed E-state index contributed by atoms with van der Waals surface area (Å²) in [6, 6.07) is 1.73. The molecule has 1 aliphatic heterocycles. The van der Waals surface area contributed by atoms with Crippen LogP contribution in [0.5, 0.6) is 0 Å². The summed E-state index contributed by atoms with van der Waals surface area (Å²) in [6.07, 6.45) is 4.51. The van der Waals surface area contributed by atoms with E-state index in [-0.39, 0.29) is 18.2 Å². The van der Waals surface area contributed by atoms with E-state index in [4.69, 9.17) is 0 Å². The van der Waals surface area contributed by atoms with Gasteiger partial charge in [0.05, 0.1) is 12.3 Å². The Morgan fingerprint density at radius 2 is 2.30 bits per heavy atom. The van der Waals surface area contributed by atoms with Gasteiger partial charge in [-0.25, -0.2) is 4.98 Å². The maximum Gasteiger partial charge on any atom is 0.275 e. The minimum Gasteiger partial charge on any atom is -0.395 e. The van der Waals surface area contributed by atoms with Crippen molar-refractivity contribution in [2.75, 3.05) is 13.2 Å². The highest BCUT2D eigenvalue weighted by Gasteiger charge is 2.21. The highest BCUT2D eigenvalue weighted by atomic mass is 32.1. The second kappa shape index (κ2) is 5.99. The van der Waals surface area contributed by atoms with Crippen LogP contribution < -0.4 is 5.56 Å². The summed E-state index contributed by atoms with van der Waals surface area (Å²) in [5.41, 5.74) is 2.25. The Morgan fingerprint density at radius 3 is 3.15 bits per heavy atom. The molecule has 0 radical (unpaired) electrons. The number of fused-ring (bicyclic) bond motifs is 1. The molecule has 1 saturated heterocycles. The molecule has 3 rings (SSSR count). The highest BCUT2D eigenvalue weighted by Crippen LogP contribution is 2.18. The van der Waals surface area contributed by atoms with Gasteiger partial charge in [-0.15, -0.1) is 0 Å². The minimum absolute atomic E-state index is 0.137. The lowest BCUT2D eigenvalue weighted by Gasteiger charge is -2.27. The molecule has 108 valence electrons. The number of nitrogens with zero attached hydrogens (tertiary/aromatic N) is 4. The fourth-order valence-corrected chi connectivity index (χ4v) is 3.38. The van der Waals surface area contributed by atoms with Gasteiger partial charge in [-0.05, 0) is 19.4 Å². The van der Waals surface area contributed by atoms with E-state index in [0.717, 1.165) is 31.5 Å². The fraction of sp³-hybridized carbons (Fsp3) is 0.615. The van der Waals surface area contributed by atoms with Crippen molar-refractivity contribution in [1.82, 2.24) is 19.5 Å². The van der Waals surface area contributed by atoms with E-state index >= 15 is 0 Å². The lowest BCUT2D eigenvalue weighted by molar-refractivity contribution is 0.117. The zero-order chi connectivity index (χ0) is 13.9. The van der Waals surface area contributed by atoms with Crippen LogP contribution in [0.15, 0.2) is 16.4 Å². The third-order valence-corrected chi connectivity index (χ3v) is 4.49. The number of aliphatic hydroxyl groups excluding tert-OH is 1. The molecule has 2 aromatic heterocycles. The van der Waals surface area contributed by atoms with Crippen molar-refractivity contribution in [3.63, 3.8) is 0 Å². The Hall–Kier alpha value is -1.31. The molecule has 20 heavy (non-hydrogen) atoms. The van der Waals surface area contributed by atoms with Crippen molar-refractivity contribution in [2.24, 2.45) is 0 Å². The molecule has 0 spiro atoms. The van der Waals surface area contributed by atoms with Gasteiger partial charge < -0.3 is 5.11 Å². The predicted molar refractivity (Wildman–Crippen MR) is 76.9 cm³/mol. The molecule has 3 heterocycles. The Bertz CT molecular complexity index is 639. The second-order valence-corrected chi connectivity index (χ2v) is 5.99. The van der Waals surface area contributed by atoms with E-state index in [1.165, 1.54) is 22.3 Å². The van der Waals surface area contributed by atoms with Gasteiger partial charge in [-0.3, -0.25) is 9.69 Å². The normalized spacial score (nSPS) is 21.1. The molecule has 1 fully saturated rings. The van der Waals surface area contributed by atoms with Gasteiger partial charge in [-0.1, -0.05) is 24.2 Å². The highest BCUT2D eigenvalue weighted by molar-refractivity contribution is 7.14. The monoisotopic (exact) mass is 294 g/mol. The van der Waals surface area contributed by atoms with Crippen LogP contribution in [0.25, 0.3) is 4.96 Å². The summed E-state index contributed by atoms with van der Waals surface area (Å²) in [6.45, 7) is 1.74. The molecule has 0 aliphatic carbocycles. The van der Waals surface area contributed by atoms with Crippen molar-refractivity contribution in [3.05, 3.63) is 27.6 Å². The number of rotatable bonds is 3. The van der Waals surface area contributed by atoms with E-state index in [0.29, 0.717) is 11.5 Å². The van der Waals surface area contributed by atoms with Gasteiger partial charge in [0, 0.05) is 18.7 Å². The summed E-state index contributed by atoms with van der Waals surface area (Å²) in [7, 11) is 0. The smallest absolute Gasteiger partial charge is 0.275 e. The summed E-state index contributed by atoms with van der Waals surface area (Å²) in [4.78, 5) is 19.3. The molecule has 1 aliphatic rings. The van der Waals surface area contributed by atoms with E-state index < -0.39 is 0 Å². The molecular formula is C13H18N4O2S. The van der Waals surface area contributed by atoms with Crippen molar-refractivity contribution in [1.29, 1.82) is 0 Å². The maximum atomic E-state index is 11.9. The molecule has 7 heteroatoms. The van der Waals surface area contributed by atoms with Crippen LogP contribution in [0.1, 0.15) is 31.4 Å². The molecule has 0 bridgehead atoms. The van der Waals surface area contributed by atoms with Crippen LogP contribution in [0.4, 0.5) is 0 Å². The standard InChI is InChI=1S/C13H18N4O2S/c18-8-11-4-2-1-3-5-16(11)7-10-6-12(19)17-13(15-10)20-9-14-17/h6,9,11,18H,1-5,7-8H2. The maximum absolute atomic E-state index is 11.9. The van der Waals surface area contributed by atoms with Crippen LogP contribution in [0, 0.1) is 0 Å². The number of likely N-dealkylation sites (tertiary alicyclic amines) is 1. The lowest BCUT2D eigenvalue weighted by atomic mass is 10.1. The van der Waals surface area contributed by atoms with E-state index in [9.17, 15) is 9.90 Å². The first-order valence-electron chi connectivity index (χ1n) is 6.95. The van der Waals surface area contributed by atoms with Crippen molar-refractivity contribution < 1.29 is 5.11 Å². The Kier molecular flexibility index (Phi) is 4.09. The Balaban J connectivity index is 1.85. The van der Waals surface area contributed by atoms with Gasteiger partial charge in [0.1, 0.15) is 5.51 Å². The zero-order valence-electron chi connectivity index (χ0n) is 11.2. The second-order valence-electron chi connectivity index (χ2n) is 5.18. The average Bonchev–Trinajstić information content (AvgIpc) is 2.80. The predicted octanol–water partition coefficient (Wildman–Crippen LogP) is 0.888. The molecule has 1 atom stereocenters. The van der Waals surface area contributed by atoms with Crippen LogP contribution in [-0.4, -0.2) is 43.8 Å². The van der Waals surface area contributed by atoms with Crippen LogP contribution in [0.2, 0.25) is 0 Å². The van der Waals surface area contributed by atoms with Gasteiger partial charge in [0.25, 0.3) is 5.56 Å². The molecular weight excluding hydrogens is 276 g/mol. The first-order valence-corrected chi connectivity index (χ1v) is 7.83. The van der Waals surface area contributed by atoms with Gasteiger partial charge in [0.15, 0.2) is 0 Å². The van der Waals surface area contributed by atoms with Crippen molar-refractivity contribution >= 4 is 16.3 Å². The van der Waals surface area contributed by atoms with Crippen LogP contribution in [-0.2, 0) is 6.54 Å². The minimum atomic E-state index is -0.137. The summed E-state index contributed by atoms with van der Waals surface area (Å²) in [5.74, 6) is 0. The van der Waals surface area contributed by atoms with Gasteiger partial charge in [0.2, 0.25) is 4.96 Å². The molecule has 0 aromatic carbocycles. The van der Waals surface area contributed by atoms with Gasteiger partial charge >= 0.3 is 0 Å². The summed E-state index contributed by atoms with van der Waals surface area (Å²) >= 11 is 1.36. The molecule has 1 N–H and O–H groups in total. The van der Waals surface area contributed by atoms with Crippen LogP contribution in [0.3, 0.4) is 0 Å². The number of aliphatic hydroxyl groups is 1. The lowest BCUT2D eigenvalue weighted by Crippen LogP contribution is -2.37. The number of aromatic nitrogens is 3. The van der Waals surface area contributed by atoms with Crippen molar-refractivity contribution in [3.8, 4) is 0 Å². The number of hydrogen-bond acceptors (Lipinski definition) is 6. The average molecular weight is 294 g/mol. The third kappa shape index (κ3) is 2.74. The first kappa shape index (κ1) is 13.7. The third-order valence-electron chi connectivity index (χ3n) is 3.81. The largest absolute Gasteiger partial charge is 0.395 e.